The topological polar surface area (TPSA) is 40.5 Å². The Morgan fingerprint density at radius 2 is 1.67 bits per heavy atom. The molecule has 8 atom stereocenters. The minimum Gasteiger partial charge on any atom is -0.393 e. The molecule has 2 saturated carbocycles. The van der Waals surface area contributed by atoms with Crippen molar-refractivity contribution in [2.24, 2.45) is 39.9 Å². The van der Waals surface area contributed by atoms with Crippen molar-refractivity contribution in [1.82, 2.24) is 0 Å². The van der Waals surface area contributed by atoms with Crippen molar-refractivity contribution < 1.29 is 10.2 Å². The molecule has 2 N–H and O–H groups in total. The monoisotopic (exact) mass is 416 g/mol. The van der Waals surface area contributed by atoms with E-state index in [1.54, 1.807) is 11.1 Å². The van der Waals surface area contributed by atoms with Crippen LogP contribution in [0.15, 0.2) is 11.1 Å². The third-order valence-electron chi connectivity index (χ3n) is 11.0. The molecule has 2 fully saturated rings. The first-order chi connectivity index (χ1) is 14.0. The van der Waals surface area contributed by atoms with Gasteiger partial charge >= 0.3 is 0 Å². The zero-order chi connectivity index (χ0) is 21.9. The summed E-state index contributed by atoms with van der Waals surface area (Å²) in [6.45, 7) is 14.8. The number of aliphatic hydroxyl groups excluding tert-OH is 2. The molecule has 0 heterocycles. The Bertz CT molecular complexity index is 680. The second-order valence-electron chi connectivity index (χ2n) is 12.9. The van der Waals surface area contributed by atoms with Gasteiger partial charge in [0, 0.05) is 0 Å². The van der Waals surface area contributed by atoms with Crippen molar-refractivity contribution >= 4 is 0 Å². The van der Waals surface area contributed by atoms with Crippen molar-refractivity contribution in [3.8, 4) is 0 Å². The van der Waals surface area contributed by atoms with E-state index < -0.39 is 0 Å². The van der Waals surface area contributed by atoms with Crippen molar-refractivity contribution in [3.63, 3.8) is 0 Å². The molecule has 0 saturated heterocycles. The summed E-state index contributed by atoms with van der Waals surface area (Å²) in [5.74, 6) is 2.69. The van der Waals surface area contributed by atoms with Crippen molar-refractivity contribution in [2.45, 2.75) is 124 Å². The van der Waals surface area contributed by atoms with Crippen LogP contribution in [-0.4, -0.2) is 22.4 Å². The van der Waals surface area contributed by atoms with Crippen LogP contribution in [0.25, 0.3) is 0 Å². The number of fused-ring (bicyclic) bond motifs is 4. The Labute approximate surface area is 185 Å². The molecule has 4 aliphatic carbocycles. The van der Waals surface area contributed by atoms with Gasteiger partial charge in [-0.3, -0.25) is 0 Å². The second-order valence-corrected chi connectivity index (χ2v) is 12.9. The Kier molecular flexibility index (Phi) is 6.02. The molecule has 0 bridgehead atoms. The fourth-order valence-electron chi connectivity index (χ4n) is 8.85. The van der Waals surface area contributed by atoms with Crippen LogP contribution in [0.2, 0.25) is 0 Å². The summed E-state index contributed by atoms with van der Waals surface area (Å²) in [5, 5.41) is 21.5. The van der Waals surface area contributed by atoms with E-state index in [2.05, 4.69) is 41.5 Å². The highest BCUT2D eigenvalue weighted by Gasteiger charge is 2.62. The molecule has 2 heteroatoms. The molecule has 0 aromatic heterocycles. The van der Waals surface area contributed by atoms with Gasteiger partial charge in [0.05, 0.1) is 12.2 Å². The quantitative estimate of drug-likeness (QED) is 0.479. The lowest BCUT2D eigenvalue weighted by molar-refractivity contribution is -0.0607. The van der Waals surface area contributed by atoms with Gasteiger partial charge in [-0.05, 0) is 91.3 Å². The smallest absolute Gasteiger partial charge is 0.0615 e. The highest BCUT2D eigenvalue weighted by atomic mass is 16.3. The number of hydrogen-bond donors (Lipinski definition) is 2. The summed E-state index contributed by atoms with van der Waals surface area (Å²) in [6.07, 6.45) is 12.4. The number of aliphatic hydroxyl groups is 2. The fourth-order valence-corrected chi connectivity index (χ4v) is 8.85. The molecule has 172 valence electrons. The Morgan fingerprint density at radius 1 is 0.933 bits per heavy atom. The molecule has 4 aliphatic rings. The van der Waals surface area contributed by atoms with E-state index in [1.807, 2.05) is 0 Å². The molecule has 0 amide bonds. The Balaban J connectivity index is 1.62. The van der Waals surface area contributed by atoms with Crippen LogP contribution >= 0.6 is 0 Å². The van der Waals surface area contributed by atoms with Crippen LogP contribution in [-0.2, 0) is 0 Å². The highest BCUT2D eigenvalue weighted by molar-refractivity contribution is 5.39. The van der Waals surface area contributed by atoms with Gasteiger partial charge in [-0.15, -0.1) is 0 Å². The van der Waals surface area contributed by atoms with Crippen LogP contribution in [0.3, 0.4) is 0 Å². The summed E-state index contributed by atoms with van der Waals surface area (Å²) >= 11 is 0. The third kappa shape index (κ3) is 3.35. The molecule has 0 unspecified atom stereocenters. The van der Waals surface area contributed by atoms with Crippen LogP contribution in [0.5, 0.6) is 0 Å². The van der Waals surface area contributed by atoms with Gasteiger partial charge in [0.2, 0.25) is 0 Å². The minimum atomic E-state index is -0.273. The molecule has 4 rings (SSSR count). The summed E-state index contributed by atoms with van der Waals surface area (Å²) in [7, 11) is 0. The van der Waals surface area contributed by atoms with E-state index in [0.717, 1.165) is 43.4 Å². The van der Waals surface area contributed by atoms with E-state index in [0.29, 0.717) is 5.41 Å². The van der Waals surface area contributed by atoms with E-state index in [9.17, 15) is 10.2 Å². The average molecular weight is 417 g/mol. The maximum Gasteiger partial charge on any atom is 0.0615 e. The third-order valence-corrected chi connectivity index (χ3v) is 11.0. The molecule has 30 heavy (non-hydrogen) atoms. The van der Waals surface area contributed by atoms with Crippen LogP contribution < -0.4 is 0 Å². The number of allylic oxidation sites excluding steroid dienone is 1. The summed E-state index contributed by atoms with van der Waals surface area (Å²) in [4.78, 5) is 0. The lowest BCUT2D eigenvalue weighted by Crippen LogP contribution is -2.53. The maximum absolute atomic E-state index is 11.2. The largest absolute Gasteiger partial charge is 0.393 e. The lowest BCUT2D eigenvalue weighted by atomic mass is 9.46. The standard InChI is InChI=1S/C28H48O2/c1-18(2)8-7-9-19(3)21-11-14-28(6)23-17-25(30)24-16-20(29)10-13-26(24,4)22(23)12-15-27(21,28)5/h18-21,24-25,29-30H,7-17H2,1-6H3/t19-,20+,21-,24-,25+,26-,27-,28+/m1/s1. The first kappa shape index (κ1) is 22.8. The van der Waals surface area contributed by atoms with E-state index in [-0.39, 0.29) is 29.0 Å². The van der Waals surface area contributed by atoms with E-state index in [1.165, 1.54) is 44.9 Å². The summed E-state index contributed by atoms with van der Waals surface area (Å²) in [5.41, 5.74) is 4.09. The molecule has 0 spiro atoms. The second kappa shape index (κ2) is 7.91. The molecule has 0 radical (unpaired) electrons. The van der Waals surface area contributed by atoms with Gasteiger partial charge in [0.15, 0.2) is 0 Å². The van der Waals surface area contributed by atoms with Gasteiger partial charge < -0.3 is 10.2 Å². The van der Waals surface area contributed by atoms with Gasteiger partial charge in [0.25, 0.3) is 0 Å². The van der Waals surface area contributed by atoms with Crippen LogP contribution in [0.4, 0.5) is 0 Å². The average Bonchev–Trinajstić information content (AvgIpc) is 2.95. The number of hydrogen-bond acceptors (Lipinski definition) is 2. The minimum absolute atomic E-state index is 0.109. The molecular formula is C28H48O2. The van der Waals surface area contributed by atoms with Gasteiger partial charge in [-0.2, -0.15) is 0 Å². The predicted molar refractivity (Wildman–Crippen MR) is 125 cm³/mol. The molecule has 2 nitrogen and oxygen atoms in total. The molecule has 0 aliphatic heterocycles. The Hall–Kier alpha value is -0.340. The van der Waals surface area contributed by atoms with E-state index in [4.69, 9.17) is 0 Å². The fraction of sp³-hybridized carbons (Fsp3) is 0.929. The summed E-state index contributed by atoms with van der Waals surface area (Å²) < 4.78 is 0. The van der Waals surface area contributed by atoms with Gasteiger partial charge in [0.1, 0.15) is 0 Å². The zero-order valence-corrected chi connectivity index (χ0v) is 20.6. The SMILES string of the molecule is CC(C)CCC[C@@H](C)[C@H]1CC[C@@]2(C)C3=C(CC[C@]12C)[C@@]1(C)CC[C@H](O)C[C@@H]1[C@@H](O)C3. The Morgan fingerprint density at radius 3 is 2.37 bits per heavy atom. The lowest BCUT2D eigenvalue weighted by Gasteiger charge is -2.59. The summed E-state index contributed by atoms with van der Waals surface area (Å²) in [6, 6.07) is 0. The van der Waals surface area contributed by atoms with Crippen LogP contribution in [0.1, 0.15) is 112 Å². The first-order valence-corrected chi connectivity index (χ1v) is 13.1. The normalized spacial score (nSPS) is 47.1. The van der Waals surface area contributed by atoms with Crippen LogP contribution in [0, 0.1) is 39.9 Å². The molecule has 0 aromatic rings. The zero-order valence-electron chi connectivity index (χ0n) is 20.6. The predicted octanol–water partition coefficient (Wildman–Crippen LogP) is 6.89. The number of rotatable bonds is 5. The maximum atomic E-state index is 11.2. The van der Waals surface area contributed by atoms with Crippen molar-refractivity contribution in [1.29, 1.82) is 0 Å². The molecule has 0 aromatic carbocycles. The molecular weight excluding hydrogens is 368 g/mol. The highest BCUT2D eigenvalue weighted by Crippen LogP contribution is 2.71. The van der Waals surface area contributed by atoms with Crippen molar-refractivity contribution in [2.75, 3.05) is 0 Å². The van der Waals surface area contributed by atoms with E-state index >= 15 is 0 Å². The van der Waals surface area contributed by atoms with Gasteiger partial charge in [-0.1, -0.05) is 72.0 Å². The van der Waals surface area contributed by atoms with Gasteiger partial charge in [-0.25, -0.2) is 0 Å². The first-order valence-electron chi connectivity index (χ1n) is 13.1. The van der Waals surface area contributed by atoms with Crippen molar-refractivity contribution in [3.05, 3.63) is 11.1 Å².